The number of hydrogen-bond acceptors (Lipinski definition) is 4. The van der Waals surface area contributed by atoms with Gasteiger partial charge in [0.25, 0.3) is 0 Å². The Morgan fingerprint density at radius 1 is 1.21 bits per heavy atom. The lowest BCUT2D eigenvalue weighted by Crippen LogP contribution is -2.20. The SMILES string of the molecule is CC(NCc1cccc2c1OCCO2)c1cccs1. The highest BCUT2D eigenvalue weighted by molar-refractivity contribution is 7.10. The average molecular weight is 275 g/mol. The van der Waals surface area contributed by atoms with E-state index in [-0.39, 0.29) is 0 Å². The summed E-state index contributed by atoms with van der Waals surface area (Å²) in [5.74, 6) is 1.74. The molecule has 0 aliphatic carbocycles. The summed E-state index contributed by atoms with van der Waals surface area (Å²) in [4.78, 5) is 1.35. The smallest absolute Gasteiger partial charge is 0.165 e. The molecule has 0 spiro atoms. The highest BCUT2D eigenvalue weighted by Gasteiger charge is 2.16. The van der Waals surface area contributed by atoms with Gasteiger partial charge in [-0.1, -0.05) is 18.2 Å². The summed E-state index contributed by atoms with van der Waals surface area (Å²) < 4.78 is 11.3. The molecule has 0 fully saturated rings. The normalized spacial score (nSPS) is 15.2. The first-order valence-corrected chi connectivity index (χ1v) is 7.37. The Bertz CT molecular complexity index is 539. The monoisotopic (exact) mass is 275 g/mol. The molecule has 100 valence electrons. The molecule has 0 saturated heterocycles. The lowest BCUT2D eigenvalue weighted by atomic mass is 10.1. The minimum Gasteiger partial charge on any atom is -0.486 e. The summed E-state index contributed by atoms with van der Waals surface area (Å²) >= 11 is 1.78. The van der Waals surface area contributed by atoms with Gasteiger partial charge in [0.2, 0.25) is 0 Å². The molecule has 0 radical (unpaired) electrons. The molecule has 0 saturated carbocycles. The molecule has 1 atom stereocenters. The number of thiophene rings is 1. The van der Waals surface area contributed by atoms with Crippen LogP contribution in [0.2, 0.25) is 0 Å². The van der Waals surface area contributed by atoms with Crippen molar-refractivity contribution in [3.8, 4) is 11.5 Å². The van der Waals surface area contributed by atoms with Gasteiger partial charge < -0.3 is 14.8 Å². The standard InChI is InChI=1S/C15H17NO2S/c1-11(14-6-3-9-19-14)16-10-12-4-2-5-13-15(12)18-8-7-17-13/h2-6,9,11,16H,7-8,10H2,1H3. The van der Waals surface area contributed by atoms with E-state index in [0.29, 0.717) is 19.3 Å². The van der Waals surface area contributed by atoms with Gasteiger partial charge in [-0.2, -0.15) is 0 Å². The number of hydrogen-bond donors (Lipinski definition) is 1. The molecule has 1 aliphatic rings. The molecule has 4 heteroatoms. The Labute approximate surface area is 117 Å². The van der Waals surface area contributed by atoms with Crippen LogP contribution >= 0.6 is 11.3 Å². The van der Waals surface area contributed by atoms with Crippen molar-refractivity contribution in [2.24, 2.45) is 0 Å². The summed E-state index contributed by atoms with van der Waals surface area (Å²) in [5.41, 5.74) is 1.15. The molecule has 0 amide bonds. The van der Waals surface area contributed by atoms with E-state index in [9.17, 15) is 0 Å². The Morgan fingerprint density at radius 3 is 2.95 bits per heavy atom. The molecule has 1 aliphatic heterocycles. The van der Waals surface area contributed by atoms with Gasteiger partial charge in [-0.3, -0.25) is 0 Å². The van der Waals surface area contributed by atoms with Crippen LogP contribution in [0.4, 0.5) is 0 Å². The molecule has 1 unspecified atom stereocenters. The van der Waals surface area contributed by atoms with Crippen LogP contribution in [0.15, 0.2) is 35.7 Å². The zero-order chi connectivity index (χ0) is 13.1. The van der Waals surface area contributed by atoms with Crippen LogP contribution < -0.4 is 14.8 Å². The molecule has 1 aromatic heterocycles. The number of nitrogens with one attached hydrogen (secondary N) is 1. The molecule has 2 heterocycles. The molecular formula is C15H17NO2S. The number of ether oxygens (including phenoxy) is 2. The van der Waals surface area contributed by atoms with Crippen LogP contribution in [-0.4, -0.2) is 13.2 Å². The third kappa shape index (κ3) is 2.74. The lowest BCUT2D eigenvalue weighted by Gasteiger charge is -2.22. The maximum Gasteiger partial charge on any atom is 0.165 e. The van der Waals surface area contributed by atoms with Crippen molar-refractivity contribution >= 4 is 11.3 Å². The molecule has 1 aromatic carbocycles. The van der Waals surface area contributed by atoms with Crippen molar-refractivity contribution in [1.82, 2.24) is 5.32 Å². The van der Waals surface area contributed by atoms with Gasteiger partial charge in [0.05, 0.1) is 0 Å². The van der Waals surface area contributed by atoms with E-state index in [1.54, 1.807) is 11.3 Å². The molecule has 3 rings (SSSR count). The van der Waals surface area contributed by atoms with Gasteiger partial charge >= 0.3 is 0 Å². The van der Waals surface area contributed by atoms with Crippen LogP contribution in [0.3, 0.4) is 0 Å². The first-order chi connectivity index (χ1) is 9.34. The van der Waals surface area contributed by atoms with Crippen molar-refractivity contribution in [2.75, 3.05) is 13.2 Å². The quantitative estimate of drug-likeness (QED) is 0.928. The van der Waals surface area contributed by atoms with E-state index >= 15 is 0 Å². The van der Waals surface area contributed by atoms with E-state index in [1.165, 1.54) is 4.88 Å². The van der Waals surface area contributed by atoms with E-state index in [0.717, 1.165) is 23.6 Å². The summed E-state index contributed by atoms with van der Waals surface area (Å²) in [7, 11) is 0. The third-order valence-corrected chi connectivity index (χ3v) is 4.27. The van der Waals surface area contributed by atoms with Crippen LogP contribution in [0.25, 0.3) is 0 Å². The minimum absolute atomic E-state index is 0.348. The Hall–Kier alpha value is -1.52. The molecular weight excluding hydrogens is 258 g/mol. The van der Waals surface area contributed by atoms with E-state index < -0.39 is 0 Å². The maximum atomic E-state index is 5.72. The van der Waals surface area contributed by atoms with Crippen molar-refractivity contribution in [3.63, 3.8) is 0 Å². The Balaban J connectivity index is 1.70. The van der Waals surface area contributed by atoms with Crippen molar-refractivity contribution in [2.45, 2.75) is 19.5 Å². The van der Waals surface area contributed by atoms with Crippen molar-refractivity contribution in [3.05, 3.63) is 46.2 Å². The number of benzene rings is 1. The zero-order valence-electron chi connectivity index (χ0n) is 10.9. The van der Waals surface area contributed by atoms with Crippen LogP contribution in [-0.2, 0) is 6.54 Å². The first-order valence-electron chi connectivity index (χ1n) is 6.49. The molecule has 1 N–H and O–H groups in total. The summed E-state index contributed by atoms with van der Waals surface area (Å²) in [6.07, 6.45) is 0. The molecule has 0 bridgehead atoms. The van der Waals surface area contributed by atoms with Crippen LogP contribution in [0, 0.1) is 0 Å². The van der Waals surface area contributed by atoms with Gasteiger partial charge in [0, 0.05) is 23.0 Å². The molecule has 2 aromatic rings. The van der Waals surface area contributed by atoms with Crippen LogP contribution in [0.1, 0.15) is 23.4 Å². The summed E-state index contributed by atoms with van der Waals surface area (Å²) in [5, 5.41) is 5.63. The fraction of sp³-hybridized carbons (Fsp3) is 0.333. The van der Waals surface area contributed by atoms with E-state index in [4.69, 9.17) is 9.47 Å². The predicted molar refractivity (Wildman–Crippen MR) is 77.0 cm³/mol. The second-order valence-electron chi connectivity index (χ2n) is 4.56. The van der Waals surface area contributed by atoms with Gasteiger partial charge in [0.15, 0.2) is 11.5 Å². The largest absolute Gasteiger partial charge is 0.486 e. The topological polar surface area (TPSA) is 30.5 Å². The van der Waals surface area contributed by atoms with Gasteiger partial charge in [0.1, 0.15) is 13.2 Å². The first kappa shape index (κ1) is 12.5. The fourth-order valence-electron chi connectivity index (χ4n) is 2.17. The summed E-state index contributed by atoms with van der Waals surface area (Å²) in [6, 6.07) is 10.6. The minimum atomic E-state index is 0.348. The number of rotatable bonds is 4. The van der Waals surface area contributed by atoms with Gasteiger partial charge in [-0.05, 0) is 24.4 Å². The molecule has 3 nitrogen and oxygen atoms in total. The maximum absolute atomic E-state index is 5.72. The van der Waals surface area contributed by atoms with Crippen molar-refractivity contribution < 1.29 is 9.47 Å². The highest BCUT2D eigenvalue weighted by Crippen LogP contribution is 2.33. The predicted octanol–water partition coefficient (Wildman–Crippen LogP) is 3.37. The Kier molecular flexibility index (Phi) is 3.71. The number of para-hydroxylation sites is 1. The third-order valence-electron chi connectivity index (χ3n) is 3.22. The van der Waals surface area contributed by atoms with Crippen LogP contribution in [0.5, 0.6) is 11.5 Å². The van der Waals surface area contributed by atoms with Gasteiger partial charge in [-0.25, -0.2) is 0 Å². The second kappa shape index (κ2) is 5.63. The summed E-state index contributed by atoms with van der Waals surface area (Å²) in [6.45, 7) is 4.23. The van der Waals surface area contributed by atoms with E-state index in [2.05, 4.69) is 35.8 Å². The van der Waals surface area contributed by atoms with Gasteiger partial charge in [-0.15, -0.1) is 11.3 Å². The fourth-order valence-corrected chi connectivity index (χ4v) is 2.93. The average Bonchev–Trinajstić information content (AvgIpc) is 2.99. The van der Waals surface area contributed by atoms with Crippen molar-refractivity contribution in [1.29, 1.82) is 0 Å². The van der Waals surface area contributed by atoms with E-state index in [1.807, 2.05) is 12.1 Å². The second-order valence-corrected chi connectivity index (χ2v) is 5.54. The molecule has 19 heavy (non-hydrogen) atoms. The Morgan fingerprint density at radius 2 is 2.11 bits per heavy atom. The lowest BCUT2D eigenvalue weighted by molar-refractivity contribution is 0.169. The zero-order valence-corrected chi connectivity index (χ0v) is 11.7. The highest BCUT2D eigenvalue weighted by atomic mass is 32.1. The number of fused-ring (bicyclic) bond motifs is 1.